The third kappa shape index (κ3) is 4.89. The van der Waals surface area contributed by atoms with Crippen LogP contribution in [0.3, 0.4) is 0 Å². The smallest absolute Gasteiger partial charge is 0.321 e. The van der Waals surface area contributed by atoms with Crippen LogP contribution in [0.4, 0.5) is 10.5 Å². The molecule has 166 valence electrons. The standard InChI is InChI=1S/C24H31BrN4O2/c1-16-4-3-13-28(24(30)27-19-9-11-20(31-2)12-10-19)15-22-23(21(26)14-29(16)22)17-5-7-18(25)8-6-17/h5-12,16,21-23H,3-4,13-15,26H2,1-2H3,(H,27,30)/t16?,21?,22-,23-/m0/s1. The van der Waals surface area contributed by atoms with Gasteiger partial charge in [0.25, 0.3) is 0 Å². The van der Waals surface area contributed by atoms with Crippen LogP contribution >= 0.6 is 15.9 Å². The van der Waals surface area contributed by atoms with Gasteiger partial charge in [0.1, 0.15) is 5.75 Å². The lowest BCUT2D eigenvalue weighted by molar-refractivity contribution is 0.115. The zero-order valence-corrected chi connectivity index (χ0v) is 19.7. The number of carbonyl (C=O) groups is 1. The summed E-state index contributed by atoms with van der Waals surface area (Å²) < 4.78 is 6.27. The quantitative estimate of drug-likeness (QED) is 0.679. The van der Waals surface area contributed by atoms with E-state index in [2.05, 4.69) is 57.3 Å². The summed E-state index contributed by atoms with van der Waals surface area (Å²) in [6, 6.07) is 16.6. The predicted octanol–water partition coefficient (Wildman–Crippen LogP) is 4.27. The number of hydrogen-bond donors (Lipinski definition) is 2. The minimum absolute atomic E-state index is 0.0539. The lowest BCUT2D eigenvalue weighted by Gasteiger charge is -2.39. The fraction of sp³-hybridized carbons (Fsp3) is 0.458. The van der Waals surface area contributed by atoms with Crippen molar-refractivity contribution in [3.8, 4) is 5.75 Å². The number of halogens is 1. The van der Waals surface area contributed by atoms with E-state index in [1.165, 1.54) is 5.56 Å². The van der Waals surface area contributed by atoms with Crippen molar-refractivity contribution in [1.82, 2.24) is 9.80 Å². The summed E-state index contributed by atoms with van der Waals surface area (Å²) in [6.45, 7) is 4.57. The molecular weight excluding hydrogens is 456 g/mol. The maximum atomic E-state index is 13.2. The number of nitrogens with zero attached hydrogens (tertiary/aromatic N) is 2. The number of carbonyl (C=O) groups excluding carboxylic acids is 1. The summed E-state index contributed by atoms with van der Waals surface area (Å²) in [5, 5.41) is 3.05. The molecule has 2 saturated heterocycles. The molecule has 6 nitrogen and oxygen atoms in total. The van der Waals surface area contributed by atoms with Crippen molar-refractivity contribution in [3.05, 3.63) is 58.6 Å². The molecule has 0 saturated carbocycles. The molecule has 2 aliphatic rings. The molecule has 0 spiro atoms. The van der Waals surface area contributed by atoms with E-state index in [9.17, 15) is 4.79 Å². The van der Waals surface area contributed by atoms with Crippen molar-refractivity contribution in [2.75, 3.05) is 32.1 Å². The maximum absolute atomic E-state index is 13.2. The Hall–Kier alpha value is -2.09. The van der Waals surface area contributed by atoms with Crippen LogP contribution in [-0.2, 0) is 0 Å². The Morgan fingerprint density at radius 3 is 2.52 bits per heavy atom. The molecule has 0 aliphatic carbocycles. The molecule has 2 fully saturated rings. The highest BCUT2D eigenvalue weighted by atomic mass is 79.9. The van der Waals surface area contributed by atoms with Gasteiger partial charge in [-0.15, -0.1) is 0 Å². The minimum atomic E-state index is -0.0605. The van der Waals surface area contributed by atoms with Crippen molar-refractivity contribution in [1.29, 1.82) is 0 Å². The Morgan fingerprint density at radius 1 is 1.13 bits per heavy atom. The van der Waals surface area contributed by atoms with Crippen LogP contribution in [0.25, 0.3) is 0 Å². The van der Waals surface area contributed by atoms with Crippen LogP contribution < -0.4 is 15.8 Å². The lowest BCUT2D eigenvalue weighted by Crippen LogP contribution is -2.51. The van der Waals surface area contributed by atoms with Crippen LogP contribution in [0.2, 0.25) is 0 Å². The average Bonchev–Trinajstić information content (AvgIpc) is 3.08. The Morgan fingerprint density at radius 2 is 1.84 bits per heavy atom. The highest BCUT2D eigenvalue weighted by molar-refractivity contribution is 9.10. The Labute approximate surface area is 192 Å². The maximum Gasteiger partial charge on any atom is 0.321 e. The second-order valence-electron chi connectivity index (χ2n) is 8.60. The first kappa shape index (κ1) is 22.1. The van der Waals surface area contributed by atoms with Gasteiger partial charge in [-0.3, -0.25) is 4.90 Å². The summed E-state index contributed by atoms with van der Waals surface area (Å²) >= 11 is 3.53. The first-order valence-corrected chi connectivity index (χ1v) is 11.7. The van der Waals surface area contributed by atoms with Gasteiger partial charge in [0, 0.05) is 53.8 Å². The van der Waals surface area contributed by atoms with E-state index in [0.29, 0.717) is 12.6 Å². The van der Waals surface area contributed by atoms with Crippen molar-refractivity contribution >= 4 is 27.6 Å². The first-order chi connectivity index (χ1) is 15.0. The van der Waals surface area contributed by atoms with Crippen LogP contribution in [0.1, 0.15) is 31.2 Å². The van der Waals surface area contributed by atoms with Gasteiger partial charge in [-0.1, -0.05) is 28.1 Å². The fourth-order valence-corrected chi connectivity index (χ4v) is 5.25. The lowest BCUT2D eigenvalue weighted by atomic mass is 9.88. The molecule has 2 heterocycles. The van der Waals surface area contributed by atoms with Gasteiger partial charge < -0.3 is 20.7 Å². The molecular formula is C24H31BrN4O2. The normalized spacial score (nSPS) is 26.6. The number of amides is 2. The van der Waals surface area contributed by atoms with Crippen molar-refractivity contribution in [2.45, 2.75) is 43.8 Å². The van der Waals surface area contributed by atoms with Crippen LogP contribution in [0.5, 0.6) is 5.75 Å². The molecule has 2 aliphatic heterocycles. The van der Waals surface area contributed by atoms with E-state index in [1.807, 2.05) is 29.2 Å². The fourth-order valence-electron chi connectivity index (χ4n) is 4.99. The molecule has 0 aromatic heterocycles. The number of urea groups is 1. The zero-order valence-electron chi connectivity index (χ0n) is 18.1. The largest absolute Gasteiger partial charge is 0.497 e. The number of hydrogen-bond acceptors (Lipinski definition) is 4. The van der Waals surface area contributed by atoms with Crippen molar-refractivity contribution in [3.63, 3.8) is 0 Å². The number of nitrogens with two attached hydrogens (primary N) is 1. The molecule has 2 unspecified atom stereocenters. The molecule has 4 rings (SSSR count). The van der Waals surface area contributed by atoms with Gasteiger partial charge in [-0.05, 0) is 61.7 Å². The molecule has 7 heteroatoms. The summed E-state index contributed by atoms with van der Waals surface area (Å²) in [4.78, 5) is 17.6. The highest BCUT2D eigenvalue weighted by Crippen LogP contribution is 2.37. The number of ether oxygens (including phenoxy) is 1. The molecule has 2 amide bonds. The Kier molecular flexibility index (Phi) is 6.84. The van der Waals surface area contributed by atoms with Gasteiger partial charge >= 0.3 is 6.03 Å². The Balaban J connectivity index is 1.54. The monoisotopic (exact) mass is 486 g/mol. The number of fused-ring (bicyclic) bond motifs is 1. The van der Waals surface area contributed by atoms with Crippen LogP contribution in [0.15, 0.2) is 53.0 Å². The number of rotatable bonds is 3. The minimum Gasteiger partial charge on any atom is -0.497 e. The number of benzene rings is 2. The van der Waals surface area contributed by atoms with E-state index in [1.54, 1.807) is 7.11 Å². The summed E-state index contributed by atoms with van der Waals surface area (Å²) in [7, 11) is 1.63. The SMILES string of the molecule is COc1ccc(NC(=O)N2CCCC(C)N3CC(N)[C@H](c4ccc(Br)cc4)[C@@H]3C2)cc1. The third-order valence-electron chi connectivity index (χ3n) is 6.63. The van der Waals surface area contributed by atoms with E-state index < -0.39 is 0 Å². The van der Waals surface area contributed by atoms with E-state index in [4.69, 9.17) is 10.5 Å². The second kappa shape index (κ2) is 9.59. The summed E-state index contributed by atoms with van der Waals surface area (Å²) in [5.41, 5.74) is 8.67. The van der Waals surface area contributed by atoms with Crippen molar-refractivity contribution < 1.29 is 9.53 Å². The molecule has 3 N–H and O–H groups in total. The van der Waals surface area contributed by atoms with E-state index in [-0.39, 0.29) is 24.0 Å². The van der Waals surface area contributed by atoms with Gasteiger partial charge in [-0.2, -0.15) is 0 Å². The van der Waals surface area contributed by atoms with Gasteiger partial charge in [-0.25, -0.2) is 4.79 Å². The van der Waals surface area contributed by atoms with E-state index in [0.717, 1.165) is 41.8 Å². The predicted molar refractivity (Wildman–Crippen MR) is 128 cm³/mol. The molecule has 4 atom stereocenters. The van der Waals surface area contributed by atoms with Gasteiger partial charge in [0.05, 0.1) is 7.11 Å². The van der Waals surface area contributed by atoms with Crippen LogP contribution in [-0.4, -0.2) is 60.7 Å². The Bertz CT molecular complexity index is 889. The molecule has 0 radical (unpaired) electrons. The topological polar surface area (TPSA) is 70.8 Å². The number of nitrogens with one attached hydrogen (secondary N) is 1. The van der Waals surface area contributed by atoms with Crippen LogP contribution in [0, 0.1) is 0 Å². The molecule has 2 aromatic rings. The van der Waals surface area contributed by atoms with E-state index >= 15 is 0 Å². The molecule has 2 aromatic carbocycles. The molecule has 31 heavy (non-hydrogen) atoms. The van der Waals surface area contributed by atoms with Crippen molar-refractivity contribution in [2.24, 2.45) is 5.73 Å². The summed E-state index contributed by atoms with van der Waals surface area (Å²) in [6.07, 6.45) is 2.04. The third-order valence-corrected chi connectivity index (χ3v) is 7.16. The van der Waals surface area contributed by atoms with Gasteiger partial charge in [0.2, 0.25) is 0 Å². The molecule has 0 bridgehead atoms. The number of anilines is 1. The highest BCUT2D eigenvalue weighted by Gasteiger charge is 2.44. The second-order valence-corrected chi connectivity index (χ2v) is 9.52. The average molecular weight is 487 g/mol. The first-order valence-electron chi connectivity index (χ1n) is 10.9. The van der Waals surface area contributed by atoms with Gasteiger partial charge in [0.15, 0.2) is 0 Å². The zero-order chi connectivity index (χ0) is 22.0. The number of methoxy groups -OCH3 is 1. The summed E-state index contributed by atoms with van der Waals surface area (Å²) in [5.74, 6) is 0.969.